The Labute approximate surface area is 345 Å². The normalized spacial score (nSPS) is 25.9. The van der Waals surface area contributed by atoms with Crippen molar-refractivity contribution < 1.29 is 81.2 Å². The maximum Gasteiger partial charge on any atom is 0.472 e. The molecule has 1 unspecified atom stereocenters. The minimum absolute atomic E-state index is 0.0283. The summed E-state index contributed by atoms with van der Waals surface area (Å²) >= 11 is 0. The summed E-state index contributed by atoms with van der Waals surface area (Å²) in [6.45, 7) is 4.14. The Morgan fingerprint density at radius 2 is 1.69 bits per heavy atom. The molecule has 11 N–H and O–H groups in total. The van der Waals surface area contributed by atoms with Gasteiger partial charge in [-0.3, -0.25) is 27.5 Å². The number of nitrogens with zero attached hydrogens (tertiary/aromatic N) is 6. The fourth-order valence-electron chi connectivity index (χ4n) is 6.05. The number of aliphatic hydroxyl groups is 3. The zero-order valence-electron chi connectivity index (χ0n) is 32.6. The van der Waals surface area contributed by atoms with Crippen LogP contribution in [0.3, 0.4) is 0 Å². The first kappa shape index (κ1) is 47.7. The number of esters is 1. The molecule has 2 aliphatic rings. The van der Waals surface area contributed by atoms with Gasteiger partial charge in [-0.1, -0.05) is 6.08 Å². The zero-order chi connectivity index (χ0) is 44.9. The van der Waals surface area contributed by atoms with Crippen molar-refractivity contribution in [3.8, 4) is 0 Å². The van der Waals surface area contributed by atoms with Crippen molar-refractivity contribution in [1.29, 1.82) is 0 Å². The van der Waals surface area contributed by atoms with Crippen molar-refractivity contribution >= 4 is 50.3 Å². The Morgan fingerprint density at radius 1 is 1.03 bits per heavy atom. The second kappa shape index (κ2) is 19.8. The number of hydrogen-bond acceptors (Lipinski definition) is 21. The van der Waals surface area contributed by atoms with Crippen LogP contribution in [0.5, 0.6) is 0 Å². The molecule has 0 spiro atoms. The fraction of sp³-hybridized carbons (Fsp3) is 0.594. The number of amides is 1. The van der Waals surface area contributed by atoms with Gasteiger partial charge >= 0.3 is 27.3 Å². The topological polar surface area (TPSA) is 397 Å². The van der Waals surface area contributed by atoms with E-state index in [2.05, 4.69) is 36.4 Å². The van der Waals surface area contributed by atoms with Crippen LogP contribution in [0.15, 0.2) is 42.4 Å². The lowest BCUT2D eigenvalue weighted by Gasteiger charge is -2.26. The molecular weight excluding hydrogens is 860 g/mol. The number of carbonyl (C=O) groups is 2. The lowest BCUT2D eigenvalue weighted by molar-refractivity contribution is -0.162. The molecule has 29 heteroatoms. The first-order chi connectivity index (χ1) is 28.6. The average Bonchev–Trinajstić information content (AvgIpc) is 3.83. The number of ether oxygens (including phenoxy) is 4. The maximum absolute atomic E-state index is 13.7. The number of fused-ring (bicyclic) bond motifs is 1. The first-order valence-electron chi connectivity index (χ1n) is 18.3. The first-order valence-corrected chi connectivity index (χ1v) is 21.3. The minimum Gasteiger partial charge on any atom is -0.455 e. The number of nitrogens with one attached hydrogen (secondary N) is 1. The van der Waals surface area contributed by atoms with E-state index in [0.717, 1.165) is 23.2 Å². The van der Waals surface area contributed by atoms with E-state index in [9.17, 15) is 53.5 Å². The summed E-state index contributed by atoms with van der Waals surface area (Å²) in [7, 11) is -10.6. The van der Waals surface area contributed by atoms with Crippen LogP contribution in [0.1, 0.15) is 45.6 Å². The number of aromatic nitrogens is 6. The van der Waals surface area contributed by atoms with Gasteiger partial charge < -0.3 is 65.7 Å². The number of allylic oxidation sites excluding steroid dienone is 1. The average molecular weight is 908 g/mol. The molecule has 5 rings (SSSR count). The number of anilines is 2. The van der Waals surface area contributed by atoms with E-state index in [1.807, 2.05) is 0 Å². The largest absolute Gasteiger partial charge is 0.472 e. The summed E-state index contributed by atoms with van der Waals surface area (Å²) < 4.78 is 64.7. The molecular formula is C32H47N9O18P2. The van der Waals surface area contributed by atoms with Crippen LogP contribution in [0, 0.1) is 0 Å². The van der Waals surface area contributed by atoms with Crippen molar-refractivity contribution in [2.24, 2.45) is 0 Å². The highest BCUT2D eigenvalue weighted by Gasteiger charge is 2.52. The second-order valence-electron chi connectivity index (χ2n) is 14.3. The minimum atomic E-state index is -5.43. The lowest BCUT2D eigenvalue weighted by atomic mass is 10.1. The van der Waals surface area contributed by atoms with Gasteiger partial charge in [0.1, 0.15) is 48.2 Å². The summed E-state index contributed by atoms with van der Waals surface area (Å²) in [6, 6.07) is -0.313. The number of aliphatic hydroxyl groups excluding tert-OH is 2. The number of nitrogen functional groups attached to an aromatic ring is 2. The van der Waals surface area contributed by atoms with Crippen LogP contribution in [-0.2, 0) is 51.2 Å². The Balaban J connectivity index is 1.39. The molecule has 2 fully saturated rings. The molecule has 2 aliphatic heterocycles. The number of phosphoric acid groups is 2. The van der Waals surface area contributed by atoms with Crippen molar-refractivity contribution in [3.63, 3.8) is 0 Å². The van der Waals surface area contributed by atoms with E-state index >= 15 is 0 Å². The summed E-state index contributed by atoms with van der Waals surface area (Å²) in [4.78, 5) is 84.1. The smallest absolute Gasteiger partial charge is 0.455 e. The van der Waals surface area contributed by atoms with Crippen LogP contribution < -0.4 is 22.5 Å². The van der Waals surface area contributed by atoms with Crippen LogP contribution in [0.4, 0.5) is 11.6 Å². The highest BCUT2D eigenvalue weighted by molar-refractivity contribution is 7.47. The summed E-state index contributed by atoms with van der Waals surface area (Å²) in [6.07, 6.45) is -8.85. The third kappa shape index (κ3) is 12.6. The molecule has 0 aliphatic carbocycles. The monoisotopic (exact) mass is 907 g/mol. The predicted octanol–water partition coefficient (Wildman–Crippen LogP) is -2.08. The molecule has 0 bridgehead atoms. The van der Waals surface area contributed by atoms with Crippen LogP contribution in [-0.4, -0.2) is 146 Å². The van der Waals surface area contributed by atoms with Crippen molar-refractivity contribution in [2.75, 3.05) is 37.9 Å². The highest BCUT2D eigenvalue weighted by atomic mass is 31.2. The van der Waals surface area contributed by atoms with Gasteiger partial charge in [0.25, 0.3) is 0 Å². The van der Waals surface area contributed by atoms with Gasteiger partial charge in [-0.2, -0.15) is 4.98 Å². The zero-order valence-corrected chi connectivity index (χ0v) is 34.3. The van der Waals surface area contributed by atoms with E-state index in [0.29, 0.717) is 0 Å². The number of nitrogens with two attached hydrogens (primary N) is 2. The molecule has 0 radical (unpaired) electrons. The molecule has 338 valence electrons. The molecule has 5 heterocycles. The predicted molar refractivity (Wildman–Crippen MR) is 204 cm³/mol. The summed E-state index contributed by atoms with van der Waals surface area (Å²) in [5.41, 5.74) is 9.48. The number of phosphoric ester groups is 2. The maximum atomic E-state index is 13.7. The Morgan fingerprint density at radius 3 is 2.34 bits per heavy atom. The Kier molecular flexibility index (Phi) is 15.5. The lowest BCUT2D eigenvalue weighted by Crippen LogP contribution is -2.48. The van der Waals surface area contributed by atoms with Gasteiger partial charge in [0.15, 0.2) is 36.1 Å². The Hall–Kier alpha value is -4.31. The molecule has 3 aromatic heterocycles. The van der Waals surface area contributed by atoms with E-state index in [1.165, 1.54) is 17.0 Å². The van der Waals surface area contributed by atoms with Crippen LogP contribution in [0.2, 0.25) is 0 Å². The Bertz CT molecular complexity index is 2180. The second-order valence-corrected chi connectivity index (χ2v) is 17.0. The van der Waals surface area contributed by atoms with Gasteiger partial charge in [-0.25, -0.2) is 33.7 Å². The fourth-order valence-corrected chi connectivity index (χ4v) is 7.35. The van der Waals surface area contributed by atoms with Gasteiger partial charge in [0.2, 0.25) is 5.91 Å². The summed E-state index contributed by atoms with van der Waals surface area (Å²) in [5, 5.41) is 35.3. The SMILES string of the molecule is C=CCCC(=O)N[C@@H](COCCC(C)(C)O)C(=O)O[C@H]1[C@@H](O)[C@H](n2cnc3c(N)ncnc32)O[C@@H]1COP(=O)(O)O[C@H]1[C@@H](O)[C@H](n2ccc(N)nc2=O)O[C@@H]1COP(=O)(O)O. The molecule has 0 saturated carbocycles. The van der Waals surface area contributed by atoms with E-state index in [1.54, 1.807) is 13.8 Å². The van der Waals surface area contributed by atoms with Crippen LogP contribution in [0.25, 0.3) is 11.2 Å². The van der Waals surface area contributed by atoms with Crippen molar-refractivity contribution in [2.45, 2.75) is 93.8 Å². The molecule has 0 aromatic carbocycles. The third-order valence-electron chi connectivity index (χ3n) is 9.06. The van der Waals surface area contributed by atoms with E-state index < -0.39 is 114 Å². The van der Waals surface area contributed by atoms with E-state index in [4.69, 9.17) is 39.5 Å². The molecule has 3 aromatic rings. The highest BCUT2D eigenvalue weighted by Crippen LogP contribution is 2.50. The molecule has 61 heavy (non-hydrogen) atoms. The third-order valence-corrected chi connectivity index (χ3v) is 10.5. The molecule has 2 saturated heterocycles. The van der Waals surface area contributed by atoms with Crippen molar-refractivity contribution in [3.05, 3.63) is 48.1 Å². The molecule has 10 atom stereocenters. The van der Waals surface area contributed by atoms with Crippen molar-refractivity contribution in [1.82, 2.24) is 34.4 Å². The standard InChI is InChI=1S/C32H47N9O18P2/c1-4-5-6-20(42)38-16(11-53-10-8-32(2,3)47)30(45)58-24-17(56-29(22(24)43)41-15-37-21-26(34)35-14-36-27(21)41)13-55-61(51,52)59-25-18(12-54-60(48,49)50)57-28(23(25)44)40-9-7-19(33)39-31(40)46/h4,7,9,14-18,22-25,28-29,43-44,47H,1,5-6,8,10-13H2,2-3H3,(H,38,42)(H,51,52)(H2,33,39,46)(H2,34,35,36)(H2,48,49,50)/t16-,17+,18+,22+,23+,24+,25+,28+,29+/m0/s1. The van der Waals surface area contributed by atoms with Gasteiger partial charge in [-0.05, 0) is 32.8 Å². The van der Waals surface area contributed by atoms with Gasteiger partial charge in [0.05, 0.1) is 31.7 Å². The summed E-state index contributed by atoms with van der Waals surface area (Å²) in [5.74, 6) is -1.95. The van der Waals surface area contributed by atoms with Gasteiger partial charge in [-0.15, -0.1) is 6.58 Å². The number of imidazole rings is 1. The quantitative estimate of drug-likeness (QED) is 0.0240. The van der Waals surface area contributed by atoms with Gasteiger partial charge in [0, 0.05) is 19.2 Å². The molecule has 1 amide bonds. The number of carbonyl (C=O) groups excluding carboxylic acids is 2. The van der Waals surface area contributed by atoms with Crippen LogP contribution >= 0.6 is 15.6 Å². The number of rotatable bonds is 21. The van der Waals surface area contributed by atoms with E-state index in [-0.39, 0.29) is 48.7 Å². The molecule has 27 nitrogen and oxygen atoms in total. The number of hydrogen-bond donors (Lipinski definition) is 9.